The number of β-amino-alcohol motifs (C(OH)–C–C–N with tert-alkyl or cyclic N) is 1. The summed E-state index contributed by atoms with van der Waals surface area (Å²) in [6.45, 7) is 0.380. The maximum atomic E-state index is 14.8. The standard InChI is InChI=1S/C26H22F3N5O5.ClH/c27-14-1-3-15(4-2-14)31-23(36)26(6-7-26)24(37)32-20-10-19(29)21(11-18(20)28)39-17-5-8-30-22(9-17)33-25(38)34-12-16(35)13-34;/h1-5,8-11,16,35H,6-7,12-13H2,(H,31,36)(H,32,37)(H,30,33,38);1H. The largest absolute Gasteiger partial charge is 0.454 e. The summed E-state index contributed by atoms with van der Waals surface area (Å²) in [5, 5.41) is 16.6. The lowest BCUT2D eigenvalue weighted by atomic mass is 10.0. The third-order valence-corrected chi connectivity index (χ3v) is 6.33. The van der Waals surface area contributed by atoms with Gasteiger partial charge in [0, 0.05) is 30.1 Å². The molecule has 0 spiro atoms. The lowest BCUT2D eigenvalue weighted by Crippen LogP contribution is -2.54. The number of carbonyl (C=O) groups is 3. The Balaban J connectivity index is 0.00000370. The van der Waals surface area contributed by atoms with Gasteiger partial charge in [0.1, 0.15) is 22.8 Å². The van der Waals surface area contributed by atoms with Crippen molar-refractivity contribution >= 4 is 47.4 Å². The molecule has 10 nitrogen and oxygen atoms in total. The van der Waals surface area contributed by atoms with Crippen molar-refractivity contribution < 1.29 is 37.4 Å². The van der Waals surface area contributed by atoms with Gasteiger partial charge in [0.25, 0.3) is 0 Å². The van der Waals surface area contributed by atoms with Gasteiger partial charge in [-0.2, -0.15) is 0 Å². The summed E-state index contributed by atoms with van der Waals surface area (Å²) in [6, 6.07) is 8.64. The van der Waals surface area contributed by atoms with Crippen LogP contribution in [0.5, 0.6) is 11.5 Å². The molecule has 210 valence electrons. The van der Waals surface area contributed by atoms with E-state index in [9.17, 15) is 32.7 Å². The molecule has 2 heterocycles. The van der Waals surface area contributed by atoms with Crippen LogP contribution in [0.3, 0.4) is 0 Å². The van der Waals surface area contributed by atoms with Crippen LogP contribution in [-0.2, 0) is 9.59 Å². The zero-order valence-corrected chi connectivity index (χ0v) is 21.4. The zero-order valence-electron chi connectivity index (χ0n) is 20.6. The van der Waals surface area contributed by atoms with Gasteiger partial charge in [0.15, 0.2) is 17.4 Å². The van der Waals surface area contributed by atoms with Crippen LogP contribution in [0.1, 0.15) is 12.8 Å². The van der Waals surface area contributed by atoms with Crippen molar-refractivity contribution in [2.24, 2.45) is 5.41 Å². The molecule has 3 aromatic rings. The number of carbonyl (C=O) groups excluding carboxylic acids is 3. The quantitative estimate of drug-likeness (QED) is 0.310. The first-order valence-corrected chi connectivity index (χ1v) is 11.9. The van der Waals surface area contributed by atoms with Crippen molar-refractivity contribution in [3.63, 3.8) is 0 Å². The molecule has 0 bridgehead atoms. The molecule has 0 atom stereocenters. The molecule has 1 saturated heterocycles. The SMILES string of the molecule is Cl.O=C(Nc1cc(Oc2cc(F)c(NC(=O)C3(C(=O)Nc4ccc(F)cc4)CC3)cc2F)ccn1)N1CC(O)C1. The van der Waals surface area contributed by atoms with Crippen LogP contribution >= 0.6 is 12.4 Å². The first-order chi connectivity index (χ1) is 18.6. The number of anilines is 3. The van der Waals surface area contributed by atoms with Crippen molar-refractivity contribution in [1.82, 2.24) is 9.88 Å². The molecule has 0 radical (unpaired) electrons. The van der Waals surface area contributed by atoms with Gasteiger partial charge in [0.2, 0.25) is 11.8 Å². The number of aromatic nitrogens is 1. The molecule has 2 fully saturated rings. The summed E-state index contributed by atoms with van der Waals surface area (Å²) in [5.41, 5.74) is -1.65. The first kappa shape index (κ1) is 28.6. The van der Waals surface area contributed by atoms with E-state index in [1.807, 2.05) is 0 Å². The highest BCUT2D eigenvalue weighted by Gasteiger charge is 2.56. The van der Waals surface area contributed by atoms with E-state index in [4.69, 9.17) is 4.74 Å². The molecule has 14 heteroatoms. The Kier molecular flexibility index (Phi) is 8.16. The highest BCUT2D eigenvalue weighted by molar-refractivity contribution is 6.17. The average Bonchev–Trinajstić information content (AvgIpc) is 3.69. The van der Waals surface area contributed by atoms with E-state index in [1.165, 1.54) is 35.4 Å². The number of urea groups is 1. The molecular weight excluding hydrogens is 555 g/mol. The van der Waals surface area contributed by atoms with E-state index >= 15 is 0 Å². The fraction of sp³-hybridized carbons (Fsp3) is 0.231. The first-order valence-electron chi connectivity index (χ1n) is 11.9. The van der Waals surface area contributed by atoms with Crippen molar-refractivity contribution in [3.05, 3.63) is 72.2 Å². The van der Waals surface area contributed by atoms with E-state index in [0.717, 1.165) is 24.3 Å². The molecule has 1 aliphatic heterocycles. The topological polar surface area (TPSA) is 133 Å². The number of amides is 4. The third-order valence-electron chi connectivity index (χ3n) is 6.33. The average molecular weight is 578 g/mol. The van der Waals surface area contributed by atoms with Crippen LogP contribution in [0.15, 0.2) is 54.7 Å². The van der Waals surface area contributed by atoms with Gasteiger partial charge in [-0.05, 0) is 43.2 Å². The monoisotopic (exact) mass is 577 g/mol. The summed E-state index contributed by atoms with van der Waals surface area (Å²) in [4.78, 5) is 43.0. The number of nitrogens with one attached hydrogen (secondary N) is 3. The predicted octanol–water partition coefficient (Wildman–Crippen LogP) is 4.28. The fourth-order valence-corrected chi connectivity index (χ4v) is 3.89. The molecule has 2 aliphatic rings. The number of aliphatic hydroxyl groups is 1. The molecule has 4 N–H and O–H groups in total. The number of halogens is 4. The Labute approximate surface area is 231 Å². The maximum absolute atomic E-state index is 14.8. The normalized spacial score (nSPS) is 15.2. The minimum absolute atomic E-state index is 0. The second-order valence-corrected chi connectivity index (χ2v) is 9.23. The lowest BCUT2D eigenvalue weighted by molar-refractivity contribution is -0.131. The minimum Gasteiger partial charge on any atom is -0.454 e. The molecule has 4 amide bonds. The number of rotatable bonds is 7. The number of likely N-dealkylation sites (tertiary alicyclic amines) is 1. The number of aliphatic hydroxyl groups excluding tert-OH is 1. The molecule has 0 unspecified atom stereocenters. The van der Waals surface area contributed by atoms with Crippen molar-refractivity contribution in [3.8, 4) is 11.5 Å². The van der Waals surface area contributed by atoms with Gasteiger partial charge in [-0.3, -0.25) is 14.9 Å². The van der Waals surface area contributed by atoms with Gasteiger partial charge >= 0.3 is 6.03 Å². The van der Waals surface area contributed by atoms with E-state index in [2.05, 4.69) is 20.9 Å². The summed E-state index contributed by atoms with van der Waals surface area (Å²) >= 11 is 0. The highest BCUT2D eigenvalue weighted by atomic mass is 35.5. The zero-order chi connectivity index (χ0) is 27.7. The number of nitrogens with zero attached hydrogens (tertiary/aromatic N) is 2. The van der Waals surface area contributed by atoms with Crippen molar-refractivity contribution in [2.75, 3.05) is 29.0 Å². The summed E-state index contributed by atoms with van der Waals surface area (Å²) in [5.74, 6) is -4.29. The van der Waals surface area contributed by atoms with Crippen LogP contribution in [-0.4, -0.2) is 52.0 Å². The molecule has 5 rings (SSSR count). The Hall–Kier alpha value is -4.36. The Morgan fingerprint density at radius 2 is 1.60 bits per heavy atom. The Morgan fingerprint density at radius 1 is 0.925 bits per heavy atom. The number of benzene rings is 2. The number of ether oxygens (including phenoxy) is 1. The van der Waals surface area contributed by atoms with Gasteiger partial charge in [-0.1, -0.05) is 0 Å². The van der Waals surface area contributed by atoms with Crippen molar-refractivity contribution in [2.45, 2.75) is 18.9 Å². The van der Waals surface area contributed by atoms with E-state index in [1.54, 1.807) is 0 Å². The number of hydrogen-bond acceptors (Lipinski definition) is 6. The van der Waals surface area contributed by atoms with Crippen LogP contribution < -0.4 is 20.7 Å². The molecule has 40 heavy (non-hydrogen) atoms. The molecule has 1 aromatic heterocycles. The fourth-order valence-electron chi connectivity index (χ4n) is 3.89. The third kappa shape index (κ3) is 6.10. The second-order valence-electron chi connectivity index (χ2n) is 9.23. The number of hydrogen-bond donors (Lipinski definition) is 4. The predicted molar refractivity (Wildman–Crippen MR) is 140 cm³/mol. The van der Waals surface area contributed by atoms with Crippen LogP contribution in [0.4, 0.5) is 35.2 Å². The van der Waals surface area contributed by atoms with E-state index in [-0.39, 0.29) is 55.6 Å². The van der Waals surface area contributed by atoms with E-state index < -0.39 is 58.3 Å². The van der Waals surface area contributed by atoms with Crippen molar-refractivity contribution in [1.29, 1.82) is 0 Å². The Bertz CT molecular complexity index is 1450. The molecule has 1 aliphatic carbocycles. The van der Waals surface area contributed by atoms with Gasteiger partial charge in [-0.25, -0.2) is 22.9 Å². The molecule has 1 saturated carbocycles. The summed E-state index contributed by atoms with van der Waals surface area (Å²) in [7, 11) is 0. The highest BCUT2D eigenvalue weighted by Crippen LogP contribution is 2.47. The second kappa shape index (κ2) is 11.4. The van der Waals surface area contributed by atoms with Gasteiger partial charge in [-0.15, -0.1) is 12.4 Å². The Morgan fingerprint density at radius 3 is 2.25 bits per heavy atom. The van der Waals surface area contributed by atoms with E-state index in [0.29, 0.717) is 0 Å². The minimum atomic E-state index is -1.46. The van der Waals surface area contributed by atoms with Crippen LogP contribution in [0.2, 0.25) is 0 Å². The van der Waals surface area contributed by atoms with Crippen LogP contribution in [0.25, 0.3) is 0 Å². The van der Waals surface area contributed by atoms with Gasteiger partial charge in [0.05, 0.1) is 24.9 Å². The summed E-state index contributed by atoms with van der Waals surface area (Å²) < 4.78 is 48.1. The number of pyridine rings is 1. The van der Waals surface area contributed by atoms with Crippen LogP contribution in [0, 0.1) is 22.9 Å². The molecule has 2 aromatic carbocycles. The lowest BCUT2D eigenvalue weighted by Gasteiger charge is -2.35. The summed E-state index contributed by atoms with van der Waals surface area (Å²) in [6.07, 6.45) is 1.13. The van der Waals surface area contributed by atoms with Gasteiger partial charge < -0.3 is 25.4 Å². The smallest absolute Gasteiger partial charge is 0.323 e. The maximum Gasteiger partial charge on any atom is 0.323 e. The molecular formula is C26H23ClF3N5O5.